The molecule has 4 atom stereocenters. The average Bonchev–Trinajstić information content (AvgIpc) is 2.66. The zero-order chi connectivity index (χ0) is 17.5. The number of quaternary nitrogens is 1. The lowest BCUT2D eigenvalue weighted by atomic mass is 9.65. The van der Waals surface area contributed by atoms with Crippen molar-refractivity contribution in [3.63, 3.8) is 0 Å². The summed E-state index contributed by atoms with van der Waals surface area (Å²) in [5.74, 6) is 0.0259. The molecule has 2 bridgehead atoms. The largest absolute Gasteiger partial charge is 0.489 e. The van der Waals surface area contributed by atoms with E-state index in [1.54, 1.807) is 0 Å². The summed E-state index contributed by atoms with van der Waals surface area (Å²) in [4.78, 5) is 1.49. The number of halogens is 2. The van der Waals surface area contributed by atoms with Crippen LogP contribution in [0.3, 0.4) is 0 Å². The van der Waals surface area contributed by atoms with Crippen molar-refractivity contribution in [3.8, 4) is 5.75 Å². The van der Waals surface area contributed by atoms with E-state index in [1.165, 1.54) is 42.4 Å². The van der Waals surface area contributed by atoms with Gasteiger partial charge in [0.25, 0.3) is 0 Å². The van der Waals surface area contributed by atoms with Gasteiger partial charge in [-0.15, -0.1) is 0 Å². The van der Waals surface area contributed by atoms with E-state index >= 15 is 0 Å². The van der Waals surface area contributed by atoms with Crippen LogP contribution in [0.25, 0.3) is 0 Å². The summed E-state index contributed by atoms with van der Waals surface area (Å²) in [7, 11) is 0. The quantitative estimate of drug-likeness (QED) is 0.850. The fraction of sp³-hybridized carbons (Fsp3) is 0.684. The number of hydrogen-bond acceptors (Lipinski definition) is 2. The van der Waals surface area contributed by atoms with Crippen molar-refractivity contribution in [1.29, 1.82) is 0 Å². The van der Waals surface area contributed by atoms with Crippen LogP contribution >= 0.6 is 11.6 Å². The van der Waals surface area contributed by atoms with Crippen LogP contribution in [0.1, 0.15) is 40.0 Å². The van der Waals surface area contributed by atoms with Gasteiger partial charge in [-0.2, -0.15) is 0 Å². The van der Waals surface area contributed by atoms with Gasteiger partial charge >= 0.3 is 0 Å². The lowest BCUT2D eigenvalue weighted by Gasteiger charge is -2.37. The molecule has 1 unspecified atom stereocenters. The third-order valence-corrected chi connectivity index (χ3v) is 5.79. The van der Waals surface area contributed by atoms with Crippen molar-refractivity contribution in [3.05, 3.63) is 29.0 Å². The van der Waals surface area contributed by atoms with Gasteiger partial charge in [0.15, 0.2) is 0 Å². The summed E-state index contributed by atoms with van der Waals surface area (Å²) in [6.45, 7) is 9.09. The Morgan fingerprint density at radius 1 is 1.38 bits per heavy atom. The number of likely N-dealkylation sites (tertiary alicyclic amines) is 1. The Hall–Kier alpha value is -0.840. The van der Waals surface area contributed by atoms with Crippen LogP contribution in [0, 0.1) is 16.6 Å². The van der Waals surface area contributed by atoms with Crippen molar-refractivity contribution >= 4 is 11.6 Å². The smallest absolute Gasteiger partial charge is 0.138 e. The molecule has 5 heteroatoms. The molecule has 3 rings (SSSR count). The van der Waals surface area contributed by atoms with Crippen molar-refractivity contribution < 1.29 is 19.1 Å². The molecular formula is C19H28ClFNO2+. The maximum absolute atomic E-state index is 13.0. The van der Waals surface area contributed by atoms with Crippen molar-refractivity contribution in [2.45, 2.75) is 52.2 Å². The van der Waals surface area contributed by atoms with Gasteiger partial charge in [0.05, 0.1) is 17.6 Å². The molecular weight excluding hydrogens is 329 g/mol. The van der Waals surface area contributed by atoms with Gasteiger partial charge in [-0.3, -0.25) is 0 Å². The maximum atomic E-state index is 13.0. The van der Waals surface area contributed by atoms with Crippen molar-refractivity contribution in [1.82, 2.24) is 0 Å². The first kappa shape index (κ1) is 18.0. The number of fused-ring (bicyclic) bond motifs is 2. The van der Waals surface area contributed by atoms with Crippen molar-refractivity contribution in [2.24, 2.45) is 10.8 Å². The molecule has 0 aromatic heterocycles. The first-order valence-electron chi connectivity index (χ1n) is 8.76. The number of nitrogens with one attached hydrogen (secondary N) is 1. The highest BCUT2D eigenvalue weighted by molar-refractivity contribution is 6.32. The molecule has 134 valence electrons. The number of hydrogen-bond donors (Lipinski definition) is 2. The van der Waals surface area contributed by atoms with Gasteiger partial charge in [0.2, 0.25) is 0 Å². The van der Waals surface area contributed by atoms with E-state index in [1.807, 2.05) is 0 Å². The fourth-order valence-corrected chi connectivity index (χ4v) is 5.35. The van der Waals surface area contributed by atoms with Gasteiger partial charge in [0, 0.05) is 18.3 Å². The first-order chi connectivity index (χ1) is 11.2. The van der Waals surface area contributed by atoms with Crippen LogP contribution in [0.15, 0.2) is 18.2 Å². The molecule has 2 aliphatic rings. The van der Waals surface area contributed by atoms with E-state index in [9.17, 15) is 9.50 Å². The van der Waals surface area contributed by atoms with Gasteiger partial charge in [-0.05, 0) is 30.0 Å². The highest BCUT2D eigenvalue weighted by atomic mass is 35.5. The normalized spacial score (nSPS) is 32.6. The molecule has 1 aromatic rings. The Bertz CT molecular complexity index is 609. The Kier molecular flexibility index (Phi) is 4.84. The number of aliphatic hydroxyl groups excluding tert-OH is 1. The molecule has 2 fully saturated rings. The standard InChI is InChI=1S/C19H27ClFNO2/c1-18(2)7-14-8-19(3,11-18)12-22(14)9-15(23)10-24-17-5-4-13(21)6-16(17)20/h4-6,14-15,23H,7-12H2,1-3H3/p+1/t14-,15+,19-/m0/s1. The fourth-order valence-electron chi connectivity index (χ4n) is 5.13. The van der Waals surface area contributed by atoms with E-state index in [2.05, 4.69) is 20.8 Å². The summed E-state index contributed by atoms with van der Waals surface area (Å²) in [6.07, 6.45) is 3.18. The van der Waals surface area contributed by atoms with Crippen molar-refractivity contribution in [2.75, 3.05) is 19.7 Å². The molecule has 0 amide bonds. The molecule has 0 radical (unpaired) electrons. The maximum Gasteiger partial charge on any atom is 0.138 e. The predicted octanol–water partition coefficient (Wildman–Crippen LogP) is 2.70. The molecule has 2 N–H and O–H groups in total. The zero-order valence-electron chi connectivity index (χ0n) is 14.7. The second kappa shape index (κ2) is 6.47. The molecule has 1 saturated carbocycles. The van der Waals surface area contributed by atoms with E-state index in [0.717, 1.165) is 6.54 Å². The third-order valence-electron chi connectivity index (χ3n) is 5.50. The third kappa shape index (κ3) is 4.04. The van der Waals surface area contributed by atoms with E-state index in [0.29, 0.717) is 29.2 Å². The minimum absolute atomic E-state index is 0.182. The topological polar surface area (TPSA) is 33.9 Å². The van der Waals surface area contributed by atoms with Crippen LogP contribution in [0.4, 0.5) is 4.39 Å². The number of ether oxygens (including phenoxy) is 1. The van der Waals surface area contributed by atoms with Gasteiger partial charge in [0.1, 0.15) is 30.8 Å². The molecule has 3 nitrogen and oxygen atoms in total. The zero-order valence-corrected chi connectivity index (χ0v) is 15.5. The minimum atomic E-state index is -0.549. The Morgan fingerprint density at radius 3 is 2.83 bits per heavy atom. The average molecular weight is 357 g/mol. The number of aliphatic hydroxyl groups is 1. The second-order valence-electron chi connectivity index (χ2n) is 8.84. The van der Waals surface area contributed by atoms with Gasteiger partial charge in [-0.25, -0.2) is 4.39 Å². The van der Waals surface area contributed by atoms with E-state index in [4.69, 9.17) is 16.3 Å². The molecule has 24 heavy (non-hydrogen) atoms. The molecule has 1 aliphatic carbocycles. The first-order valence-corrected chi connectivity index (χ1v) is 9.14. The molecule has 1 aromatic carbocycles. The summed E-state index contributed by atoms with van der Waals surface area (Å²) in [5.41, 5.74) is 0.783. The Labute approximate surface area is 148 Å². The van der Waals surface area contributed by atoms with E-state index in [-0.39, 0.29) is 11.6 Å². The number of benzene rings is 1. The minimum Gasteiger partial charge on any atom is -0.489 e. The molecule has 1 heterocycles. The van der Waals surface area contributed by atoms with E-state index < -0.39 is 11.9 Å². The highest BCUT2D eigenvalue weighted by Crippen LogP contribution is 2.47. The van der Waals surface area contributed by atoms with Gasteiger partial charge in [-0.1, -0.05) is 32.4 Å². The van der Waals surface area contributed by atoms with Crippen LogP contribution in [0.5, 0.6) is 5.75 Å². The SMILES string of the molecule is CC1(C)C[C@H]2C[C@](C)(C[NH+]2C[C@@H](O)COc2ccc(F)cc2Cl)C1. The summed E-state index contributed by atoms with van der Waals surface area (Å²) in [6, 6.07) is 4.67. The summed E-state index contributed by atoms with van der Waals surface area (Å²) >= 11 is 5.95. The van der Waals surface area contributed by atoms with Gasteiger partial charge < -0.3 is 14.7 Å². The van der Waals surface area contributed by atoms with Crippen LogP contribution < -0.4 is 9.64 Å². The lowest BCUT2D eigenvalue weighted by Crippen LogP contribution is -3.15. The second-order valence-corrected chi connectivity index (χ2v) is 9.24. The van der Waals surface area contributed by atoms with Crippen LogP contribution in [0.2, 0.25) is 5.02 Å². The predicted molar refractivity (Wildman–Crippen MR) is 93.1 cm³/mol. The van der Waals surface area contributed by atoms with Crippen LogP contribution in [-0.2, 0) is 0 Å². The molecule has 0 spiro atoms. The van der Waals surface area contributed by atoms with Crippen LogP contribution in [-0.4, -0.2) is 36.9 Å². The molecule has 1 saturated heterocycles. The molecule has 1 aliphatic heterocycles. The summed E-state index contributed by atoms with van der Waals surface area (Å²) < 4.78 is 18.6. The Balaban J connectivity index is 1.55. The monoisotopic (exact) mass is 356 g/mol. The summed E-state index contributed by atoms with van der Waals surface area (Å²) in [5, 5.41) is 10.6. The highest BCUT2D eigenvalue weighted by Gasteiger charge is 2.52. The number of rotatable bonds is 5. The Morgan fingerprint density at radius 2 is 2.12 bits per heavy atom. The lowest BCUT2D eigenvalue weighted by molar-refractivity contribution is -0.917.